The minimum atomic E-state index is -3.74. The highest BCUT2D eigenvalue weighted by atomic mass is 32.2. The van der Waals surface area contributed by atoms with Crippen molar-refractivity contribution in [2.45, 2.75) is 25.7 Å². The number of anilines is 2. The Kier molecular flexibility index (Phi) is 7.14. The second-order valence-electron chi connectivity index (χ2n) is 8.74. The predicted molar refractivity (Wildman–Crippen MR) is 139 cm³/mol. The average molecular weight is 494 g/mol. The summed E-state index contributed by atoms with van der Waals surface area (Å²) >= 11 is 0. The van der Waals surface area contributed by atoms with Crippen molar-refractivity contribution in [1.29, 1.82) is 0 Å². The van der Waals surface area contributed by atoms with Crippen molar-refractivity contribution in [3.63, 3.8) is 0 Å². The number of amides is 1. The summed E-state index contributed by atoms with van der Waals surface area (Å²) in [6.07, 6.45) is 0. The molecule has 7 nitrogen and oxygen atoms in total. The van der Waals surface area contributed by atoms with Gasteiger partial charge in [0.25, 0.3) is 5.91 Å². The first-order chi connectivity index (χ1) is 16.7. The first-order valence-corrected chi connectivity index (χ1v) is 13.0. The third kappa shape index (κ3) is 5.04. The van der Waals surface area contributed by atoms with Crippen molar-refractivity contribution in [2.75, 3.05) is 43.5 Å². The zero-order valence-electron chi connectivity index (χ0n) is 20.5. The van der Waals surface area contributed by atoms with Crippen LogP contribution in [0.3, 0.4) is 0 Å². The van der Waals surface area contributed by atoms with Gasteiger partial charge in [-0.25, -0.2) is 8.42 Å². The molecule has 184 valence electrons. The SMILES string of the molecule is COc1ccc(S(=O)(=O)N2CCN(c3cccc(C)c3C)CC2)cc1NC(=O)c1ccccc1C. The van der Waals surface area contributed by atoms with E-state index in [0.29, 0.717) is 43.2 Å². The Bertz CT molecular complexity index is 1350. The first kappa shape index (κ1) is 24.8. The van der Waals surface area contributed by atoms with Gasteiger partial charge in [-0.1, -0.05) is 30.3 Å². The number of benzene rings is 3. The number of methoxy groups -OCH3 is 1. The molecular weight excluding hydrogens is 462 g/mol. The maximum absolute atomic E-state index is 13.5. The largest absolute Gasteiger partial charge is 0.495 e. The number of piperazine rings is 1. The molecule has 0 saturated carbocycles. The Balaban J connectivity index is 1.54. The lowest BCUT2D eigenvalue weighted by Crippen LogP contribution is -2.48. The highest BCUT2D eigenvalue weighted by Crippen LogP contribution is 2.31. The molecule has 1 amide bonds. The zero-order valence-corrected chi connectivity index (χ0v) is 21.4. The van der Waals surface area contributed by atoms with Crippen LogP contribution in [0.2, 0.25) is 0 Å². The molecule has 1 N–H and O–H groups in total. The lowest BCUT2D eigenvalue weighted by molar-refractivity contribution is 0.102. The number of nitrogens with one attached hydrogen (secondary N) is 1. The molecule has 8 heteroatoms. The number of aryl methyl sites for hydroxylation is 2. The molecular formula is C27H31N3O4S. The van der Waals surface area contributed by atoms with Crippen LogP contribution in [-0.2, 0) is 10.0 Å². The molecule has 35 heavy (non-hydrogen) atoms. The fourth-order valence-electron chi connectivity index (χ4n) is 4.36. The number of hydrogen-bond donors (Lipinski definition) is 1. The predicted octanol–water partition coefficient (Wildman–Crippen LogP) is 4.38. The Morgan fingerprint density at radius 1 is 0.886 bits per heavy atom. The van der Waals surface area contributed by atoms with Gasteiger partial charge in [0.2, 0.25) is 10.0 Å². The number of hydrogen-bond acceptors (Lipinski definition) is 5. The van der Waals surface area contributed by atoms with E-state index in [1.807, 2.05) is 25.1 Å². The van der Waals surface area contributed by atoms with Crippen LogP contribution in [0.1, 0.15) is 27.0 Å². The number of carbonyl (C=O) groups excluding carboxylic acids is 1. The Morgan fingerprint density at radius 3 is 2.26 bits per heavy atom. The molecule has 1 heterocycles. The molecule has 0 aromatic heterocycles. The van der Waals surface area contributed by atoms with Crippen LogP contribution in [-0.4, -0.2) is 51.9 Å². The molecule has 1 aliphatic rings. The Hall–Kier alpha value is -3.36. The summed E-state index contributed by atoms with van der Waals surface area (Å²) in [7, 11) is -2.26. The monoisotopic (exact) mass is 493 g/mol. The van der Waals surface area contributed by atoms with Gasteiger partial charge in [0, 0.05) is 37.4 Å². The van der Waals surface area contributed by atoms with E-state index in [2.05, 4.69) is 36.2 Å². The second-order valence-corrected chi connectivity index (χ2v) is 10.7. The molecule has 0 bridgehead atoms. The lowest BCUT2D eigenvalue weighted by atomic mass is 10.1. The quantitative estimate of drug-likeness (QED) is 0.551. The maximum atomic E-state index is 13.5. The highest BCUT2D eigenvalue weighted by molar-refractivity contribution is 7.89. The Morgan fingerprint density at radius 2 is 1.57 bits per heavy atom. The van der Waals surface area contributed by atoms with Crippen LogP contribution in [0.15, 0.2) is 65.6 Å². The first-order valence-electron chi connectivity index (χ1n) is 11.6. The molecule has 4 rings (SSSR count). The van der Waals surface area contributed by atoms with Gasteiger partial charge >= 0.3 is 0 Å². The third-order valence-corrected chi connectivity index (χ3v) is 8.50. The van der Waals surface area contributed by atoms with Crippen molar-refractivity contribution in [3.05, 3.63) is 82.9 Å². The number of ether oxygens (including phenoxy) is 1. The summed E-state index contributed by atoms with van der Waals surface area (Å²) in [4.78, 5) is 15.2. The molecule has 3 aromatic rings. The normalized spacial score (nSPS) is 14.6. The van der Waals surface area contributed by atoms with Crippen LogP contribution in [0.25, 0.3) is 0 Å². The molecule has 0 aliphatic carbocycles. The summed E-state index contributed by atoms with van der Waals surface area (Å²) in [5.41, 5.74) is 5.24. The summed E-state index contributed by atoms with van der Waals surface area (Å²) < 4.78 is 33.8. The van der Waals surface area contributed by atoms with Gasteiger partial charge in [-0.15, -0.1) is 0 Å². The summed E-state index contributed by atoms with van der Waals surface area (Å²) in [5.74, 6) is 0.0729. The molecule has 1 fully saturated rings. The van der Waals surface area contributed by atoms with Crippen molar-refractivity contribution in [2.24, 2.45) is 0 Å². The van der Waals surface area contributed by atoms with E-state index in [-0.39, 0.29) is 10.8 Å². The van der Waals surface area contributed by atoms with Crippen LogP contribution < -0.4 is 15.0 Å². The minimum absolute atomic E-state index is 0.124. The standard InChI is InChI=1S/C27H31N3O4S/c1-19-9-7-11-25(21(19)3)29-14-16-30(17-15-29)35(32,33)22-12-13-26(34-4)24(18-22)28-27(31)23-10-6-5-8-20(23)2/h5-13,18H,14-17H2,1-4H3,(H,28,31). The fraction of sp³-hybridized carbons (Fsp3) is 0.296. The van der Waals surface area contributed by atoms with E-state index in [1.165, 1.54) is 34.7 Å². The van der Waals surface area contributed by atoms with Crippen LogP contribution in [0.4, 0.5) is 11.4 Å². The van der Waals surface area contributed by atoms with Crippen LogP contribution in [0, 0.1) is 20.8 Å². The van der Waals surface area contributed by atoms with Crippen molar-refractivity contribution >= 4 is 27.3 Å². The molecule has 1 aliphatic heterocycles. The lowest BCUT2D eigenvalue weighted by Gasteiger charge is -2.36. The smallest absolute Gasteiger partial charge is 0.256 e. The van der Waals surface area contributed by atoms with Gasteiger partial charge in [-0.3, -0.25) is 4.79 Å². The topological polar surface area (TPSA) is 79.0 Å². The van der Waals surface area contributed by atoms with Gasteiger partial charge in [-0.05, 0) is 67.8 Å². The second kappa shape index (κ2) is 10.1. The average Bonchev–Trinajstić information content (AvgIpc) is 2.86. The van der Waals surface area contributed by atoms with Gasteiger partial charge in [0.1, 0.15) is 5.75 Å². The number of nitrogens with zero attached hydrogens (tertiary/aromatic N) is 2. The van der Waals surface area contributed by atoms with E-state index >= 15 is 0 Å². The van der Waals surface area contributed by atoms with Crippen LogP contribution in [0.5, 0.6) is 5.75 Å². The molecule has 3 aromatic carbocycles. The van der Waals surface area contributed by atoms with Crippen molar-refractivity contribution < 1.29 is 17.9 Å². The third-order valence-electron chi connectivity index (χ3n) is 6.60. The van der Waals surface area contributed by atoms with E-state index < -0.39 is 10.0 Å². The van der Waals surface area contributed by atoms with Gasteiger partial charge < -0.3 is 15.0 Å². The summed E-state index contributed by atoms with van der Waals surface area (Å²) in [5, 5.41) is 2.82. The van der Waals surface area contributed by atoms with E-state index in [0.717, 1.165) is 11.3 Å². The summed E-state index contributed by atoms with van der Waals surface area (Å²) in [6, 6.07) is 18.0. The number of sulfonamides is 1. The van der Waals surface area contributed by atoms with Gasteiger partial charge in [0.05, 0.1) is 17.7 Å². The van der Waals surface area contributed by atoms with Crippen LogP contribution >= 0.6 is 0 Å². The molecule has 0 spiro atoms. The van der Waals surface area contributed by atoms with E-state index in [4.69, 9.17) is 4.74 Å². The minimum Gasteiger partial charge on any atom is -0.495 e. The van der Waals surface area contributed by atoms with Gasteiger partial charge in [0.15, 0.2) is 0 Å². The molecule has 0 unspecified atom stereocenters. The van der Waals surface area contributed by atoms with E-state index in [1.54, 1.807) is 18.2 Å². The maximum Gasteiger partial charge on any atom is 0.256 e. The van der Waals surface area contributed by atoms with E-state index in [9.17, 15) is 13.2 Å². The number of rotatable bonds is 6. The molecule has 0 atom stereocenters. The number of carbonyl (C=O) groups is 1. The highest BCUT2D eigenvalue weighted by Gasteiger charge is 2.30. The molecule has 0 radical (unpaired) electrons. The van der Waals surface area contributed by atoms with Crippen molar-refractivity contribution in [3.8, 4) is 5.75 Å². The van der Waals surface area contributed by atoms with Gasteiger partial charge in [-0.2, -0.15) is 4.31 Å². The summed E-state index contributed by atoms with van der Waals surface area (Å²) in [6.45, 7) is 8.01. The fourth-order valence-corrected chi connectivity index (χ4v) is 5.81. The zero-order chi connectivity index (χ0) is 25.2. The Labute approximate surface area is 207 Å². The molecule has 1 saturated heterocycles. The van der Waals surface area contributed by atoms with Crippen molar-refractivity contribution in [1.82, 2.24) is 4.31 Å².